The lowest BCUT2D eigenvalue weighted by atomic mass is 9.83. The molecule has 162 valence electrons. The largest absolute Gasteiger partial charge is 0.423 e. The summed E-state index contributed by atoms with van der Waals surface area (Å²) < 4.78 is 48.9. The number of esters is 1. The summed E-state index contributed by atoms with van der Waals surface area (Å²) in [6.07, 6.45) is 4.04. The van der Waals surface area contributed by atoms with Crippen LogP contribution < -0.4 is 4.74 Å². The van der Waals surface area contributed by atoms with Crippen LogP contribution >= 0.6 is 0 Å². The first-order valence-electron chi connectivity index (χ1n) is 10.5. The number of nitrogens with zero attached hydrogens (tertiary/aromatic N) is 1. The molecule has 0 saturated carbocycles. The lowest BCUT2D eigenvalue weighted by Gasteiger charge is -2.22. The van der Waals surface area contributed by atoms with Crippen LogP contribution in [0, 0.1) is 28.8 Å². The van der Waals surface area contributed by atoms with Crippen molar-refractivity contribution in [2.45, 2.75) is 39.0 Å². The van der Waals surface area contributed by atoms with Gasteiger partial charge in [-0.3, -0.25) is 0 Å². The van der Waals surface area contributed by atoms with Gasteiger partial charge >= 0.3 is 5.97 Å². The van der Waals surface area contributed by atoms with Crippen LogP contribution in [0.2, 0.25) is 0 Å². The van der Waals surface area contributed by atoms with E-state index in [9.17, 15) is 13.6 Å². The van der Waals surface area contributed by atoms with Gasteiger partial charge in [0.05, 0.1) is 5.56 Å². The molecule has 32 heavy (non-hydrogen) atoms. The maximum Gasteiger partial charge on any atom is 0.349 e. The number of benzene rings is 3. The minimum Gasteiger partial charge on any atom is -0.423 e. The maximum absolute atomic E-state index is 15.2. The molecule has 0 unspecified atom stereocenters. The molecule has 1 aliphatic rings. The number of aryl methyl sites for hydroxylation is 2. The number of hydrogen-bond acceptors (Lipinski definition) is 3. The van der Waals surface area contributed by atoms with Crippen LogP contribution in [0.3, 0.4) is 0 Å². The Bertz CT molecular complexity index is 1260. The molecule has 0 saturated heterocycles. The number of nitriles is 1. The highest BCUT2D eigenvalue weighted by Gasteiger charge is 2.28. The van der Waals surface area contributed by atoms with Crippen molar-refractivity contribution in [2.75, 3.05) is 0 Å². The SMILES string of the molecule is CCCCc1ccc2c(c1)CCc1c-2cc(F)c(C(=O)Oc2ccc(C#N)c(F)c2)c1F. The molecule has 0 heterocycles. The molecule has 6 heteroatoms. The van der Waals surface area contributed by atoms with Gasteiger partial charge in [0.15, 0.2) is 0 Å². The number of ether oxygens (including phenoxy) is 1. The van der Waals surface area contributed by atoms with Crippen LogP contribution in [0.4, 0.5) is 13.2 Å². The minimum atomic E-state index is -1.26. The molecule has 0 radical (unpaired) electrons. The molecule has 4 rings (SSSR count). The third-order valence-electron chi connectivity index (χ3n) is 5.72. The molecule has 0 bridgehead atoms. The molecule has 0 N–H and O–H groups in total. The number of halogens is 3. The van der Waals surface area contributed by atoms with E-state index in [-0.39, 0.29) is 16.9 Å². The zero-order chi connectivity index (χ0) is 22.8. The Morgan fingerprint density at radius 3 is 2.56 bits per heavy atom. The number of rotatable bonds is 5. The highest BCUT2D eigenvalue weighted by atomic mass is 19.1. The molecular weight excluding hydrogens is 415 g/mol. The summed E-state index contributed by atoms with van der Waals surface area (Å²) in [5.41, 5.74) is 2.66. The number of fused-ring (bicyclic) bond motifs is 3. The molecular formula is C26H20F3NO2. The molecule has 0 spiro atoms. The summed E-state index contributed by atoms with van der Waals surface area (Å²) in [6, 6.07) is 11.9. The van der Waals surface area contributed by atoms with Crippen molar-refractivity contribution in [3.05, 3.63) is 87.7 Å². The van der Waals surface area contributed by atoms with Gasteiger partial charge in [0.1, 0.15) is 34.8 Å². The Morgan fingerprint density at radius 1 is 1.03 bits per heavy atom. The van der Waals surface area contributed by atoms with E-state index in [1.807, 2.05) is 12.1 Å². The van der Waals surface area contributed by atoms with Gasteiger partial charge in [0.25, 0.3) is 0 Å². The highest BCUT2D eigenvalue weighted by molar-refractivity contribution is 5.93. The Morgan fingerprint density at radius 2 is 1.84 bits per heavy atom. The number of carbonyl (C=O) groups is 1. The number of carbonyl (C=O) groups excluding carboxylic acids is 1. The van der Waals surface area contributed by atoms with Crippen molar-refractivity contribution in [1.82, 2.24) is 0 Å². The smallest absolute Gasteiger partial charge is 0.349 e. The van der Waals surface area contributed by atoms with Gasteiger partial charge in [-0.15, -0.1) is 0 Å². The van der Waals surface area contributed by atoms with Gasteiger partial charge in [-0.05, 0) is 71.7 Å². The Balaban J connectivity index is 1.67. The number of unbranched alkanes of at least 4 members (excludes halogenated alkanes) is 1. The van der Waals surface area contributed by atoms with Crippen LogP contribution in [0.1, 0.15) is 52.4 Å². The predicted octanol–water partition coefficient (Wildman–Crippen LogP) is 6.30. The summed E-state index contributed by atoms with van der Waals surface area (Å²) in [6.45, 7) is 2.13. The van der Waals surface area contributed by atoms with Crippen molar-refractivity contribution >= 4 is 5.97 Å². The zero-order valence-electron chi connectivity index (χ0n) is 17.5. The average molecular weight is 435 g/mol. The summed E-state index contributed by atoms with van der Waals surface area (Å²) in [4.78, 5) is 12.5. The fraction of sp³-hybridized carbons (Fsp3) is 0.231. The molecule has 0 fully saturated rings. The topological polar surface area (TPSA) is 50.1 Å². The average Bonchev–Trinajstić information content (AvgIpc) is 2.77. The van der Waals surface area contributed by atoms with E-state index >= 15 is 4.39 Å². The van der Waals surface area contributed by atoms with E-state index < -0.39 is 29.0 Å². The van der Waals surface area contributed by atoms with Crippen LogP contribution in [0.5, 0.6) is 5.75 Å². The standard InChI is InChI=1S/C26H20F3NO2/c1-2-3-4-15-5-9-19-16(11-15)7-10-20-21(19)13-23(28)24(25(20)29)26(31)32-18-8-6-17(14-30)22(27)12-18/h5-6,8-9,11-13H,2-4,7,10H2,1H3. The number of hydrogen-bond donors (Lipinski definition) is 0. The fourth-order valence-corrected chi connectivity index (χ4v) is 4.05. The van der Waals surface area contributed by atoms with Crippen molar-refractivity contribution in [3.63, 3.8) is 0 Å². The summed E-state index contributed by atoms with van der Waals surface area (Å²) in [5.74, 6) is -4.39. The molecule has 3 aromatic rings. The first-order valence-corrected chi connectivity index (χ1v) is 10.5. The second kappa shape index (κ2) is 8.88. The lowest BCUT2D eigenvalue weighted by molar-refractivity contribution is 0.0724. The van der Waals surface area contributed by atoms with E-state index in [0.29, 0.717) is 18.4 Å². The Labute approximate surface area is 184 Å². The van der Waals surface area contributed by atoms with E-state index in [1.165, 1.54) is 11.6 Å². The predicted molar refractivity (Wildman–Crippen MR) is 114 cm³/mol. The monoisotopic (exact) mass is 435 g/mol. The van der Waals surface area contributed by atoms with Crippen molar-refractivity contribution < 1.29 is 22.7 Å². The van der Waals surface area contributed by atoms with Crippen LogP contribution in [-0.2, 0) is 19.3 Å². The Kier molecular flexibility index (Phi) is 6.00. The van der Waals surface area contributed by atoms with E-state index in [0.717, 1.165) is 48.6 Å². The Hall–Kier alpha value is -3.59. The van der Waals surface area contributed by atoms with Gasteiger partial charge in [-0.1, -0.05) is 31.5 Å². The normalized spacial score (nSPS) is 12.0. The summed E-state index contributed by atoms with van der Waals surface area (Å²) in [7, 11) is 0. The van der Waals surface area contributed by atoms with Crippen LogP contribution in [0.15, 0.2) is 42.5 Å². The molecule has 0 atom stereocenters. The third kappa shape index (κ3) is 3.99. The molecule has 0 aliphatic heterocycles. The van der Waals surface area contributed by atoms with E-state index in [1.54, 1.807) is 6.07 Å². The van der Waals surface area contributed by atoms with Gasteiger partial charge in [-0.25, -0.2) is 18.0 Å². The van der Waals surface area contributed by atoms with Crippen molar-refractivity contribution in [1.29, 1.82) is 5.26 Å². The molecule has 3 aromatic carbocycles. The molecule has 0 aromatic heterocycles. The quantitative estimate of drug-likeness (QED) is 0.349. The summed E-state index contributed by atoms with van der Waals surface area (Å²) in [5, 5.41) is 8.78. The van der Waals surface area contributed by atoms with E-state index in [2.05, 4.69) is 13.0 Å². The first-order chi connectivity index (χ1) is 15.4. The lowest BCUT2D eigenvalue weighted by Crippen LogP contribution is -2.17. The second-order valence-electron chi connectivity index (χ2n) is 7.81. The molecule has 1 aliphatic carbocycles. The van der Waals surface area contributed by atoms with Crippen molar-refractivity contribution in [2.24, 2.45) is 0 Å². The highest BCUT2D eigenvalue weighted by Crippen LogP contribution is 2.38. The second-order valence-corrected chi connectivity index (χ2v) is 7.81. The molecule has 3 nitrogen and oxygen atoms in total. The van der Waals surface area contributed by atoms with Crippen molar-refractivity contribution in [3.8, 4) is 22.9 Å². The van der Waals surface area contributed by atoms with Gasteiger partial charge < -0.3 is 4.74 Å². The third-order valence-corrected chi connectivity index (χ3v) is 5.72. The van der Waals surface area contributed by atoms with Crippen LogP contribution in [0.25, 0.3) is 11.1 Å². The van der Waals surface area contributed by atoms with Gasteiger partial charge in [0, 0.05) is 6.07 Å². The van der Waals surface area contributed by atoms with Crippen LogP contribution in [-0.4, -0.2) is 5.97 Å². The van der Waals surface area contributed by atoms with Gasteiger partial charge in [0.2, 0.25) is 0 Å². The molecule has 0 amide bonds. The zero-order valence-corrected chi connectivity index (χ0v) is 17.5. The summed E-state index contributed by atoms with van der Waals surface area (Å²) >= 11 is 0. The maximum atomic E-state index is 15.2. The van der Waals surface area contributed by atoms with Gasteiger partial charge in [-0.2, -0.15) is 5.26 Å². The first kappa shape index (κ1) is 21.6. The fourth-order valence-electron chi connectivity index (χ4n) is 4.05. The minimum absolute atomic E-state index is 0.229. The van der Waals surface area contributed by atoms with E-state index in [4.69, 9.17) is 10.00 Å².